The van der Waals surface area contributed by atoms with Crippen molar-refractivity contribution in [2.24, 2.45) is 4.99 Å². The first-order valence-electron chi connectivity index (χ1n) is 8.40. The maximum atomic E-state index is 5.97. The minimum absolute atomic E-state index is 0.105. The van der Waals surface area contributed by atoms with Crippen molar-refractivity contribution in [2.45, 2.75) is 24.9 Å². The zero-order valence-corrected chi connectivity index (χ0v) is 14.2. The summed E-state index contributed by atoms with van der Waals surface area (Å²) in [5.41, 5.74) is 3.31. The normalized spacial score (nSPS) is 20.3. The van der Waals surface area contributed by atoms with Gasteiger partial charge in [-0.05, 0) is 55.8 Å². The van der Waals surface area contributed by atoms with Gasteiger partial charge in [-0.15, -0.1) is 0 Å². The van der Waals surface area contributed by atoms with Gasteiger partial charge in [-0.1, -0.05) is 35.9 Å². The number of anilines is 2. The Bertz CT molecular complexity index is 748. The summed E-state index contributed by atoms with van der Waals surface area (Å²) >= 11 is 5.97. The molecular formula is C19H21ClN4. The lowest BCUT2D eigenvalue weighted by Crippen LogP contribution is -2.57. The van der Waals surface area contributed by atoms with E-state index in [0.29, 0.717) is 6.54 Å². The van der Waals surface area contributed by atoms with Gasteiger partial charge in [0.25, 0.3) is 0 Å². The van der Waals surface area contributed by atoms with Crippen LogP contribution in [-0.2, 0) is 6.54 Å². The highest BCUT2D eigenvalue weighted by atomic mass is 35.5. The first kappa shape index (κ1) is 15.5. The van der Waals surface area contributed by atoms with Crippen molar-refractivity contribution in [1.82, 2.24) is 5.32 Å². The second-order valence-electron chi connectivity index (χ2n) is 6.42. The lowest BCUT2D eigenvalue weighted by molar-refractivity contribution is 0.419. The van der Waals surface area contributed by atoms with Crippen LogP contribution in [0.25, 0.3) is 0 Å². The fraction of sp³-hybridized carbons (Fsp3) is 0.316. The molecule has 2 aliphatic heterocycles. The third-order valence-corrected chi connectivity index (χ3v) is 5.05. The van der Waals surface area contributed by atoms with E-state index in [1.54, 1.807) is 0 Å². The van der Waals surface area contributed by atoms with Crippen LogP contribution in [0.3, 0.4) is 0 Å². The van der Waals surface area contributed by atoms with Crippen LogP contribution >= 0.6 is 11.6 Å². The first-order valence-corrected chi connectivity index (χ1v) is 8.77. The van der Waals surface area contributed by atoms with E-state index in [2.05, 4.69) is 34.1 Å². The number of amidine groups is 1. The summed E-state index contributed by atoms with van der Waals surface area (Å²) in [6.45, 7) is 2.64. The third kappa shape index (κ3) is 2.99. The van der Waals surface area contributed by atoms with E-state index in [-0.39, 0.29) is 5.54 Å². The molecule has 0 aliphatic carbocycles. The predicted molar refractivity (Wildman–Crippen MR) is 101 cm³/mol. The van der Waals surface area contributed by atoms with Crippen molar-refractivity contribution in [1.29, 1.82) is 0 Å². The van der Waals surface area contributed by atoms with Gasteiger partial charge in [0.15, 0.2) is 0 Å². The van der Waals surface area contributed by atoms with Crippen LogP contribution in [0.1, 0.15) is 18.4 Å². The van der Waals surface area contributed by atoms with Gasteiger partial charge in [-0.25, -0.2) is 0 Å². The van der Waals surface area contributed by atoms with E-state index < -0.39 is 0 Å². The molecule has 2 aromatic carbocycles. The maximum Gasteiger partial charge on any atom is 0.127 e. The van der Waals surface area contributed by atoms with Gasteiger partial charge >= 0.3 is 0 Å². The Morgan fingerprint density at radius 1 is 0.958 bits per heavy atom. The van der Waals surface area contributed by atoms with Crippen molar-refractivity contribution >= 4 is 28.8 Å². The van der Waals surface area contributed by atoms with Crippen LogP contribution in [0.2, 0.25) is 5.02 Å². The standard InChI is InChI=1S/C19H21ClN4/c20-15-7-5-14(6-8-15)13-22-18-19(9-11-21-12-10-19)24-17-4-2-1-3-16(17)23-18/h1-8,21,24H,9-13H2,(H,22,23). The molecule has 2 heterocycles. The molecule has 3 N–H and O–H groups in total. The number of nitrogens with one attached hydrogen (secondary N) is 3. The van der Waals surface area contributed by atoms with E-state index in [1.165, 1.54) is 0 Å². The lowest BCUT2D eigenvalue weighted by Gasteiger charge is -2.44. The van der Waals surface area contributed by atoms with Crippen LogP contribution in [0.5, 0.6) is 0 Å². The maximum absolute atomic E-state index is 5.97. The highest BCUT2D eigenvalue weighted by Gasteiger charge is 2.40. The zero-order valence-electron chi connectivity index (χ0n) is 13.5. The quantitative estimate of drug-likeness (QED) is 0.777. The number of hydrogen-bond donors (Lipinski definition) is 3. The Labute approximate surface area is 147 Å². The minimum Gasteiger partial charge on any atom is -0.371 e. The fourth-order valence-electron chi connectivity index (χ4n) is 3.43. The van der Waals surface area contributed by atoms with Gasteiger partial charge in [0, 0.05) is 5.02 Å². The number of rotatable bonds is 2. The Morgan fingerprint density at radius 2 is 1.67 bits per heavy atom. The average Bonchev–Trinajstić information content (AvgIpc) is 2.62. The second kappa shape index (κ2) is 6.46. The monoisotopic (exact) mass is 340 g/mol. The molecule has 124 valence electrons. The molecule has 1 saturated heterocycles. The minimum atomic E-state index is -0.105. The number of para-hydroxylation sites is 2. The topological polar surface area (TPSA) is 48.5 Å². The summed E-state index contributed by atoms with van der Waals surface area (Å²) in [6.07, 6.45) is 2.04. The predicted octanol–water partition coefficient (Wildman–Crippen LogP) is 3.90. The van der Waals surface area contributed by atoms with E-state index in [9.17, 15) is 0 Å². The molecule has 1 fully saturated rings. The molecule has 4 nitrogen and oxygen atoms in total. The second-order valence-corrected chi connectivity index (χ2v) is 6.86. The molecule has 1 spiro atoms. The summed E-state index contributed by atoms with van der Waals surface area (Å²) in [6, 6.07) is 16.2. The Hall–Kier alpha value is -2.04. The molecule has 24 heavy (non-hydrogen) atoms. The largest absolute Gasteiger partial charge is 0.371 e. The average molecular weight is 341 g/mol. The molecule has 0 amide bonds. The van der Waals surface area contributed by atoms with Crippen molar-refractivity contribution in [3.63, 3.8) is 0 Å². The number of aliphatic imine (C=N–C) groups is 1. The van der Waals surface area contributed by atoms with Gasteiger partial charge in [-0.3, -0.25) is 4.99 Å². The number of fused-ring (bicyclic) bond motifs is 1. The molecule has 0 saturated carbocycles. The number of piperidine rings is 1. The zero-order chi connectivity index (χ0) is 16.4. The van der Waals surface area contributed by atoms with Gasteiger partial charge < -0.3 is 16.0 Å². The van der Waals surface area contributed by atoms with Crippen LogP contribution in [-0.4, -0.2) is 24.5 Å². The van der Waals surface area contributed by atoms with Crippen molar-refractivity contribution in [3.05, 3.63) is 59.1 Å². The summed E-state index contributed by atoms with van der Waals surface area (Å²) in [5, 5.41) is 11.5. The van der Waals surface area contributed by atoms with Crippen molar-refractivity contribution in [3.8, 4) is 0 Å². The Morgan fingerprint density at radius 3 is 2.42 bits per heavy atom. The molecule has 0 unspecified atom stereocenters. The van der Waals surface area contributed by atoms with Crippen molar-refractivity contribution in [2.75, 3.05) is 23.7 Å². The van der Waals surface area contributed by atoms with Gasteiger partial charge in [0.2, 0.25) is 0 Å². The van der Waals surface area contributed by atoms with Crippen LogP contribution in [0.15, 0.2) is 53.5 Å². The summed E-state index contributed by atoms with van der Waals surface area (Å²) in [4.78, 5) is 4.93. The smallest absolute Gasteiger partial charge is 0.127 e. The SMILES string of the molecule is Clc1ccc(CN=C2Nc3ccccc3NC23CCNCC3)cc1. The van der Waals surface area contributed by atoms with Gasteiger partial charge in [0.1, 0.15) is 5.84 Å². The number of halogens is 1. The van der Waals surface area contributed by atoms with Crippen molar-refractivity contribution < 1.29 is 0 Å². The van der Waals surface area contributed by atoms with E-state index in [0.717, 1.165) is 53.7 Å². The van der Waals surface area contributed by atoms with Crippen LogP contribution in [0, 0.1) is 0 Å². The van der Waals surface area contributed by atoms with Gasteiger partial charge in [-0.2, -0.15) is 0 Å². The first-order chi connectivity index (χ1) is 11.8. The Kier molecular flexibility index (Phi) is 4.17. The number of hydrogen-bond acceptors (Lipinski definition) is 3. The summed E-state index contributed by atoms with van der Waals surface area (Å²) < 4.78 is 0. The van der Waals surface area contributed by atoms with E-state index in [4.69, 9.17) is 16.6 Å². The molecular weight excluding hydrogens is 320 g/mol. The number of benzene rings is 2. The summed E-state index contributed by atoms with van der Waals surface area (Å²) in [7, 11) is 0. The van der Waals surface area contributed by atoms with E-state index in [1.807, 2.05) is 30.3 Å². The molecule has 4 rings (SSSR count). The Balaban J connectivity index is 1.65. The summed E-state index contributed by atoms with van der Waals surface area (Å²) in [5.74, 6) is 1.04. The van der Waals surface area contributed by atoms with Crippen LogP contribution in [0.4, 0.5) is 11.4 Å². The molecule has 0 aromatic heterocycles. The van der Waals surface area contributed by atoms with E-state index >= 15 is 0 Å². The molecule has 2 aromatic rings. The highest BCUT2D eigenvalue weighted by molar-refractivity contribution is 6.30. The van der Waals surface area contributed by atoms with Gasteiger partial charge in [0.05, 0.1) is 23.5 Å². The molecule has 0 radical (unpaired) electrons. The molecule has 2 aliphatic rings. The molecule has 5 heteroatoms. The third-order valence-electron chi connectivity index (χ3n) is 4.80. The highest BCUT2D eigenvalue weighted by Crippen LogP contribution is 2.35. The molecule has 0 atom stereocenters. The van der Waals surface area contributed by atoms with Crippen LogP contribution < -0.4 is 16.0 Å². The fourth-order valence-corrected chi connectivity index (χ4v) is 3.56. The lowest BCUT2D eigenvalue weighted by atomic mass is 9.84. The molecule has 0 bridgehead atoms. The number of nitrogens with zero attached hydrogens (tertiary/aromatic N) is 1.